The van der Waals surface area contributed by atoms with Crippen LogP contribution in [-0.4, -0.2) is 26.3 Å². The van der Waals surface area contributed by atoms with Gasteiger partial charge in [0.25, 0.3) is 0 Å². The molecule has 0 aliphatic carbocycles. The molecule has 1 rings (SSSR count). The summed E-state index contributed by atoms with van der Waals surface area (Å²) in [6.07, 6.45) is 0. The smallest absolute Gasteiger partial charge is 0.119 e. The monoisotopic (exact) mass is 140 g/mol. The van der Waals surface area contributed by atoms with Gasteiger partial charge in [-0.2, -0.15) is 5.26 Å². The SMILES string of the molecule is CNC(C)C1(C#N)COC1. The first-order valence-electron chi connectivity index (χ1n) is 3.41. The molecule has 1 fully saturated rings. The molecule has 10 heavy (non-hydrogen) atoms. The predicted molar refractivity (Wildman–Crippen MR) is 37.4 cm³/mol. The largest absolute Gasteiger partial charge is 0.378 e. The van der Waals surface area contributed by atoms with Gasteiger partial charge in [0.2, 0.25) is 0 Å². The zero-order chi connectivity index (χ0) is 7.61. The summed E-state index contributed by atoms with van der Waals surface area (Å²) in [4.78, 5) is 0. The van der Waals surface area contributed by atoms with Gasteiger partial charge < -0.3 is 10.1 Å². The first-order valence-corrected chi connectivity index (χ1v) is 3.41. The summed E-state index contributed by atoms with van der Waals surface area (Å²) in [6.45, 7) is 3.16. The van der Waals surface area contributed by atoms with Crippen LogP contribution in [0.5, 0.6) is 0 Å². The zero-order valence-corrected chi connectivity index (χ0v) is 6.35. The molecule has 0 saturated carbocycles. The zero-order valence-electron chi connectivity index (χ0n) is 6.35. The van der Waals surface area contributed by atoms with Gasteiger partial charge in [-0.15, -0.1) is 0 Å². The first-order chi connectivity index (χ1) is 4.75. The van der Waals surface area contributed by atoms with E-state index in [0.717, 1.165) is 0 Å². The molecular formula is C7H12N2O. The molecule has 0 spiro atoms. The van der Waals surface area contributed by atoms with Crippen molar-refractivity contribution in [2.45, 2.75) is 13.0 Å². The van der Waals surface area contributed by atoms with Crippen molar-refractivity contribution < 1.29 is 4.74 Å². The van der Waals surface area contributed by atoms with Gasteiger partial charge in [0.1, 0.15) is 5.41 Å². The van der Waals surface area contributed by atoms with Crippen LogP contribution in [0.4, 0.5) is 0 Å². The summed E-state index contributed by atoms with van der Waals surface area (Å²) in [5.74, 6) is 0. The summed E-state index contributed by atoms with van der Waals surface area (Å²) >= 11 is 0. The highest BCUT2D eigenvalue weighted by atomic mass is 16.5. The number of ether oxygens (including phenoxy) is 1. The summed E-state index contributed by atoms with van der Waals surface area (Å²) in [7, 11) is 1.86. The molecule has 0 aromatic carbocycles. The van der Waals surface area contributed by atoms with Crippen molar-refractivity contribution in [1.29, 1.82) is 5.26 Å². The van der Waals surface area contributed by atoms with E-state index in [4.69, 9.17) is 10.00 Å². The van der Waals surface area contributed by atoms with Crippen LogP contribution in [0.25, 0.3) is 0 Å². The Hall–Kier alpha value is -0.590. The minimum absolute atomic E-state index is 0.228. The van der Waals surface area contributed by atoms with Gasteiger partial charge in [0.15, 0.2) is 0 Å². The Morgan fingerprint density at radius 1 is 1.70 bits per heavy atom. The fourth-order valence-corrected chi connectivity index (χ4v) is 1.01. The number of hydrogen-bond acceptors (Lipinski definition) is 3. The lowest BCUT2D eigenvalue weighted by Gasteiger charge is -2.39. The number of nitrogens with zero attached hydrogens (tertiary/aromatic N) is 1. The fourth-order valence-electron chi connectivity index (χ4n) is 1.01. The Kier molecular flexibility index (Phi) is 1.93. The van der Waals surface area contributed by atoms with Crippen molar-refractivity contribution >= 4 is 0 Å². The Balaban J connectivity index is 2.57. The fraction of sp³-hybridized carbons (Fsp3) is 0.857. The lowest BCUT2D eigenvalue weighted by molar-refractivity contribution is -0.0921. The molecule has 1 unspecified atom stereocenters. The highest BCUT2D eigenvalue weighted by Crippen LogP contribution is 2.29. The van der Waals surface area contributed by atoms with Crippen LogP contribution in [0.2, 0.25) is 0 Å². The first kappa shape index (κ1) is 7.52. The van der Waals surface area contributed by atoms with Crippen LogP contribution in [0.1, 0.15) is 6.92 Å². The third-order valence-corrected chi connectivity index (χ3v) is 2.20. The van der Waals surface area contributed by atoms with Gasteiger partial charge in [-0.25, -0.2) is 0 Å². The van der Waals surface area contributed by atoms with Crippen molar-refractivity contribution in [3.63, 3.8) is 0 Å². The third-order valence-electron chi connectivity index (χ3n) is 2.20. The minimum atomic E-state index is -0.255. The molecule has 1 aliphatic rings. The molecule has 0 bridgehead atoms. The van der Waals surface area contributed by atoms with Crippen LogP contribution >= 0.6 is 0 Å². The summed E-state index contributed by atoms with van der Waals surface area (Å²) in [5.41, 5.74) is -0.255. The second-order valence-corrected chi connectivity index (χ2v) is 2.77. The molecule has 1 heterocycles. The van der Waals surface area contributed by atoms with Crippen LogP contribution in [0.3, 0.4) is 0 Å². The van der Waals surface area contributed by atoms with Crippen LogP contribution in [0, 0.1) is 16.7 Å². The van der Waals surface area contributed by atoms with Crippen molar-refractivity contribution in [2.24, 2.45) is 5.41 Å². The maximum absolute atomic E-state index is 8.77. The highest BCUT2D eigenvalue weighted by Gasteiger charge is 2.43. The van der Waals surface area contributed by atoms with Crippen LogP contribution in [0.15, 0.2) is 0 Å². The van der Waals surface area contributed by atoms with E-state index in [-0.39, 0.29) is 11.5 Å². The third kappa shape index (κ3) is 0.898. The molecule has 0 amide bonds. The number of rotatable bonds is 2. The van der Waals surface area contributed by atoms with Gasteiger partial charge >= 0.3 is 0 Å². The van der Waals surface area contributed by atoms with Crippen molar-refractivity contribution in [2.75, 3.05) is 20.3 Å². The lowest BCUT2D eigenvalue weighted by atomic mass is 9.81. The molecule has 0 aromatic heterocycles. The molecule has 0 radical (unpaired) electrons. The van der Waals surface area contributed by atoms with Gasteiger partial charge in [0.05, 0.1) is 19.3 Å². The molecule has 3 heteroatoms. The molecule has 1 saturated heterocycles. The van der Waals surface area contributed by atoms with E-state index in [0.29, 0.717) is 13.2 Å². The number of nitriles is 1. The van der Waals surface area contributed by atoms with E-state index >= 15 is 0 Å². The number of hydrogen-bond donors (Lipinski definition) is 1. The second-order valence-electron chi connectivity index (χ2n) is 2.77. The van der Waals surface area contributed by atoms with Gasteiger partial charge in [0, 0.05) is 6.04 Å². The average Bonchev–Trinajstić information content (AvgIpc) is 1.86. The van der Waals surface area contributed by atoms with Crippen molar-refractivity contribution in [1.82, 2.24) is 5.32 Å². The predicted octanol–water partition coefficient (Wildman–Crippen LogP) is 0.134. The summed E-state index contributed by atoms with van der Waals surface area (Å²) < 4.78 is 4.99. The summed E-state index contributed by atoms with van der Waals surface area (Å²) in [6, 6.07) is 2.51. The maximum Gasteiger partial charge on any atom is 0.119 e. The van der Waals surface area contributed by atoms with Gasteiger partial charge in [-0.3, -0.25) is 0 Å². The Labute approximate surface area is 61.0 Å². The summed E-state index contributed by atoms with van der Waals surface area (Å²) in [5, 5.41) is 11.8. The molecular weight excluding hydrogens is 128 g/mol. The van der Waals surface area contributed by atoms with E-state index in [1.54, 1.807) is 0 Å². The van der Waals surface area contributed by atoms with E-state index in [9.17, 15) is 0 Å². The van der Waals surface area contributed by atoms with Gasteiger partial charge in [-0.05, 0) is 14.0 Å². The lowest BCUT2D eigenvalue weighted by Crippen LogP contribution is -2.53. The Morgan fingerprint density at radius 3 is 2.40 bits per heavy atom. The van der Waals surface area contributed by atoms with Crippen LogP contribution < -0.4 is 5.32 Å². The van der Waals surface area contributed by atoms with Crippen molar-refractivity contribution in [3.05, 3.63) is 0 Å². The molecule has 1 N–H and O–H groups in total. The number of nitrogens with one attached hydrogen (secondary N) is 1. The highest BCUT2D eigenvalue weighted by molar-refractivity contribution is 5.09. The maximum atomic E-state index is 8.77. The standard InChI is InChI=1S/C7H12N2O/c1-6(9-2)7(3-8)4-10-5-7/h6,9H,4-5H2,1-2H3. The van der Waals surface area contributed by atoms with E-state index in [1.807, 2.05) is 14.0 Å². The molecule has 0 aromatic rings. The normalized spacial score (nSPS) is 24.5. The topological polar surface area (TPSA) is 45.0 Å². The molecule has 1 aliphatic heterocycles. The Bertz CT molecular complexity index is 157. The molecule has 3 nitrogen and oxygen atoms in total. The van der Waals surface area contributed by atoms with Crippen LogP contribution in [-0.2, 0) is 4.74 Å². The van der Waals surface area contributed by atoms with E-state index < -0.39 is 0 Å². The molecule has 56 valence electrons. The quantitative estimate of drug-likeness (QED) is 0.593. The van der Waals surface area contributed by atoms with Crippen molar-refractivity contribution in [3.8, 4) is 6.07 Å². The van der Waals surface area contributed by atoms with E-state index in [2.05, 4.69) is 11.4 Å². The average molecular weight is 140 g/mol. The second kappa shape index (κ2) is 2.57. The Morgan fingerprint density at radius 2 is 2.30 bits per heavy atom. The molecule has 1 atom stereocenters. The van der Waals surface area contributed by atoms with Gasteiger partial charge in [-0.1, -0.05) is 0 Å². The minimum Gasteiger partial charge on any atom is -0.378 e. The van der Waals surface area contributed by atoms with E-state index in [1.165, 1.54) is 0 Å².